The maximum absolute atomic E-state index is 2.59. The number of hydrogen-bond acceptors (Lipinski definition) is 0. The van der Waals surface area contributed by atoms with Crippen molar-refractivity contribution in [1.29, 1.82) is 0 Å². The van der Waals surface area contributed by atoms with Gasteiger partial charge in [-0.3, -0.25) is 0 Å². The van der Waals surface area contributed by atoms with Crippen molar-refractivity contribution in [3.63, 3.8) is 0 Å². The molecular formula is C67H50. The van der Waals surface area contributed by atoms with Gasteiger partial charge in [-0.15, -0.1) is 0 Å². The molecule has 0 unspecified atom stereocenters. The van der Waals surface area contributed by atoms with Crippen molar-refractivity contribution < 1.29 is 0 Å². The van der Waals surface area contributed by atoms with E-state index >= 15 is 0 Å². The topological polar surface area (TPSA) is 0 Å². The molecule has 14 rings (SSSR count). The maximum Gasteiger partial charge on any atom is 0.0159 e. The number of benzene rings is 11. The van der Waals surface area contributed by atoms with E-state index in [1.54, 1.807) is 0 Å². The van der Waals surface area contributed by atoms with Crippen LogP contribution in [0.15, 0.2) is 194 Å². The van der Waals surface area contributed by atoms with Gasteiger partial charge in [-0.2, -0.15) is 0 Å². The fourth-order valence-electron chi connectivity index (χ4n) is 13.1. The summed E-state index contributed by atoms with van der Waals surface area (Å²) in [5.41, 5.74) is 23.6. The summed E-state index contributed by atoms with van der Waals surface area (Å²) in [6.07, 6.45) is 0. The molecule has 0 bridgehead atoms. The van der Waals surface area contributed by atoms with E-state index < -0.39 is 0 Å². The minimum Gasteiger partial charge on any atom is -0.0619 e. The van der Waals surface area contributed by atoms with Gasteiger partial charge in [-0.05, 0) is 192 Å². The van der Waals surface area contributed by atoms with Crippen molar-refractivity contribution in [3.05, 3.63) is 228 Å². The average molecular weight is 855 g/mol. The Hall–Kier alpha value is -7.54. The Labute approximate surface area is 393 Å². The first-order chi connectivity index (χ1) is 32.5. The molecular weight excluding hydrogens is 805 g/mol. The molecule has 0 heterocycles. The minimum atomic E-state index is -0.158. The maximum atomic E-state index is 2.59. The number of fused-ring (bicyclic) bond motifs is 13. The van der Waals surface area contributed by atoms with Crippen molar-refractivity contribution in [2.75, 3.05) is 0 Å². The third-order valence-electron chi connectivity index (χ3n) is 16.6. The van der Waals surface area contributed by atoms with E-state index in [9.17, 15) is 0 Å². The third-order valence-corrected chi connectivity index (χ3v) is 16.6. The third kappa shape index (κ3) is 5.25. The molecule has 0 N–H and O–H groups in total. The van der Waals surface area contributed by atoms with Crippen molar-refractivity contribution in [1.82, 2.24) is 0 Å². The molecule has 67 heavy (non-hydrogen) atoms. The Kier molecular flexibility index (Phi) is 7.68. The first kappa shape index (κ1) is 38.7. The zero-order chi connectivity index (χ0) is 45.1. The molecule has 3 aliphatic rings. The lowest BCUT2D eigenvalue weighted by molar-refractivity contribution is 0.660. The summed E-state index contributed by atoms with van der Waals surface area (Å²) in [6, 6.07) is 74.8. The van der Waals surface area contributed by atoms with Crippen molar-refractivity contribution in [2.24, 2.45) is 0 Å². The summed E-state index contributed by atoms with van der Waals surface area (Å²) in [4.78, 5) is 0. The second kappa shape index (κ2) is 13.3. The van der Waals surface area contributed by atoms with Gasteiger partial charge >= 0.3 is 0 Å². The molecule has 318 valence electrons. The van der Waals surface area contributed by atoms with Crippen molar-refractivity contribution in [2.45, 2.75) is 57.8 Å². The van der Waals surface area contributed by atoms with E-state index in [-0.39, 0.29) is 16.2 Å². The van der Waals surface area contributed by atoms with Gasteiger partial charge in [0, 0.05) is 16.2 Å². The normalized spacial score (nSPS) is 15.4. The summed E-state index contributed by atoms with van der Waals surface area (Å²) in [7, 11) is 0. The van der Waals surface area contributed by atoms with E-state index in [1.807, 2.05) is 0 Å². The van der Waals surface area contributed by atoms with Crippen LogP contribution in [0.5, 0.6) is 0 Å². The molecule has 11 aromatic carbocycles. The van der Waals surface area contributed by atoms with Crippen LogP contribution < -0.4 is 0 Å². The van der Waals surface area contributed by atoms with Crippen LogP contribution in [0.25, 0.3) is 110 Å². The molecule has 0 nitrogen and oxygen atoms in total. The van der Waals surface area contributed by atoms with Gasteiger partial charge in [-0.25, -0.2) is 0 Å². The summed E-state index contributed by atoms with van der Waals surface area (Å²) in [5, 5.41) is 10.2. The Morgan fingerprint density at radius 3 is 1.19 bits per heavy atom. The zero-order valence-corrected chi connectivity index (χ0v) is 39.0. The Balaban J connectivity index is 1.10. The molecule has 3 aliphatic carbocycles. The van der Waals surface area contributed by atoms with E-state index in [4.69, 9.17) is 0 Å². The highest BCUT2D eigenvalue weighted by molar-refractivity contribution is 6.23. The highest BCUT2D eigenvalue weighted by atomic mass is 14.4. The second-order valence-corrected chi connectivity index (χ2v) is 21.2. The molecule has 11 aromatic rings. The Morgan fingerprint density at radius 1 is 0.224 bits per heavy atom. The summed E-state index contributed by atoms with van der Waals surface area (Å²) < 4.78 is 0. The van der Waals surface area contributed by atoms with Gasteiger partial charge in [0.05, 0.1) is 0 Å². The molecule has 0 amide bonds. The standard InChI is InChI=1S/C67H50/c1-65(2)57-20-12-9-17-47(57)50-28-26-44(35-60(50)65)63-52-30-25-43(41-23-24-42-31-39-15-7-8-16-40(39)32-46(42)33-41)34-54(52)64(45-27-29-51-48-18-10-13-21-58(48)66(3,4)61(51)36-45)56-38-62-53(37-55(56)63)49-19-11-14-22-59(49)67(62,5)6/h7-38H,1-6H3. The minimum absolute atomic E-state index is 0.124. The smallest absolute Gasteiger partial charge is 0.0159 e. The lowest BCUT2D eigenvalue weighted by atomic mass is 9.77. The van der Waals surface area contributed by atoms with Gasteiger partial charge in [-0.1, -0.05) is 187 Å². The summed E-state index contributed by atoms with van der Waals surface area (Å²) in [6.45, 7) is 14.4. The predicted octanol–water partition coefficient (Wildman–Crippen LogP) is 18.2. The van der Waals surface area contributed by atoms with Crippen molar-refractivity contribution >= 4 is 43.1 Å². The largest absolute Gasteiger partial charge is 0.0619 e. The fourth-order valence-corrected chi connectivity index (χ4v) is 13.1. The molecule has 0 aliphatic heterocycles. The monoisotopic (exact) mass is 854 g/mol. The SMILES string of the molecule is CC1(C)c2ccccc2-c2ccc(-c3c4ccc(-c5ccc6cc7ccccc7cc6c5)cc4c(-c4ccc5c(c4)C(C)(C)c4ccccc4-5)c4cc5c(cc34)-c3ccccc3C5(C)C)cc21. The Bertz CT molecular complexity index is 4000. The predicted molar refractivity (Wildman–Crippen MR) is 285 cm³/mol. The lowest BCUT2D eigenvalue weighted by Crippen LogP contribution is -2.15. The molecule has 0 atom stereocenters. The van der Waals surface area contributed by atoms with Crippen LogP contribution in [0.2, 0.25) is 0 Å². The molecule has 0 aromatic heterocycles. The lowest BCUT2D eigenvalue weighted by Gasteiger charge is -2.26. The molecule has 0 spiro atoms. The van der Waals surface area contributed by atoms with E-state index in [2.05, 4.69) is 236 Å². The van der Waals surface area contributed by atoms with Gasteiger partial charge < -0.3 is 0 Å². The zero-order valence-electron chi connectivity index (χ0n) is 39.0. The first-order valence-electron chi connectivity index (χ1n) is 24.1. The molecule has 0 radical (unpaired) electrons. The van der Waals surface area contributed by atoms with Gasteiger partial charge in [0.25, 0.3) is 0 Å². The highest BCUT2D eigenvalue weighted by Gasteiger charge is 2.39. The van der Waals surface area contributed by atoms with Gasteiger partial charge in [0.15, 0.2) is 0 Å². The molecule has 0 saturated heterocycles. The van der Waals surface area contributed by atoms with Crippen LogP contribution in [0.3, 0.4) is 0 Å². The molecule has 0 heteroatoms. The van der Waals surface area contributed by atoms with E-state index in [0.29, 0.717) is 0 Å². The second-order valence-electron chi connectivity index (χ2n) is 21.2. The van der Waals surface area contributed by atoms with Crippen LogP contribution in [0.1, 0.15) is 74.9 Å². The molecule has 0 fully saturated rings. The van der Waals surface area contributed by atoms with Crippen molar-refractivity contribution in [3.8, 4) is 66.8 Å². The Morgan fingerprint density at radius 2 is 0.612 bits per heavy atom. The number of hydrogen-bond donors (Lipinski definition) is 0. The van der Waals surface area contributed by atoms with E-state index in [1.165, 1.54) is 143 Å². The van der Waals surface area contributed by atoms with Crippen LogP contribution >= 0.6 is 0 Å². The quantitative estimate of drug-likeness (QED) is 0.155. The van der Waals surface area contributed by atoms with Crippen LogP contribution in [-0.4, -0.2) is 0 Å². The van der Waals surface area contributed by atoms with Crippen LogP contribution in [-0.2, 0) is 16.2 Å². The van der Waals surface area contributed by atoms with E-state index in [0.717, 1.165) is 0 Å². The molecule has 0 saturated carbocycles. The van der Waals surface area contributed by atoms with Gasteiger partial charge in [0.1, 0.15) is 0 Å². The summed E-state index contributed by atoms with van der Waals surface area (Å²) in [5.74, 6) is 0. The fraction of sp³-hybridized carbons (Fsp3) is 0.134. The highest BCUT2D eigenvalue weighted by Crippen LogP contribution is 2.56. The number of rotatable bonds is 3. The first-order valence-corrected chi connectivity index (χ1v) is 24.1. The van der Waals surface area contributed by atoms with Crippen LogP contribution in [0, 0.1) is 0 Å². The average Bonchev–Trinajstić information content (AvgIpc) is 3.83. The summed E-state index contributed by atoms with van der Waals surface area (Å²) >= 11 is 0. The van der Waals surface area contributed by atoms with Crippen LogP contribution in [0.4, 0.5) is 0 Å². The van der Waals surface area contributed by atoms with Gasteiger partial charge in [0.2, 0.25) is 0 Å².